The van der Waals surface area contributed by atoms with Crippen molar-refractivity contribution in [1.29, 1.82) is 0 Å². The van der Waals surface area contributed by atoms with E-state index in [-0.39, 0.29) is 0 Å². The van der Waals surface area contributed by atoms with Crippen molar-refractivity contribution in [3.05, 3.63) is 23.5 Å². The van der Waals surface area contributed by atoms with Gasteiger partial charge < -0.3 is 0 Å². The van der Waals surface area contributed by atoms with Gasteiger partial charge in [-0.05, 0) is 53.4 Å². The molecule has 0 spiro atoms. The Kier molecular flexibility index (Phi) is 22.8. The summed E-state index contributed by atoms with van der Waals surface area (Å²) in [5.41, 5.74) is 2.53. The molecular formula is C22H42N2. The zero-order valence-electron chi connectivity index (χ0n) is 17.3. The van der Waals surface area contributed by atoms with Gasteiger partial charge in [0.25, 0.3) is 0 Å². The van der Waals surface area contributed by atoms with Crippen LogP contribution in [0, 0.1) is 0 Å². The Labute approximate surface area is 152 Å². The van der Waals surface area contributed by atoms with Crippen molar-refractivity contribution in [2.75, 3.05) is 0 Å². The molecule has 2 nitrogen and oxygen atoms in total. The Morgan fingerprint density at radius 3 is 1.25 bits per heavy atom. The smallest absolute Gasteiger partial charge is 0.0250 e. The van der Waals surface area contributed by atoms with E-state index >= 15 is 0 Å². The van der Waals surface area contributed by atoms with E-state index in [1.165, 1.54) is 62.5 Å². The highest BCUT2D eigenvalue weighted by molar-refractivity contribution is 5.58. The molecule has 24 heavy (non-hydrogen) atoms. The van der Waals surface area contributed by atoms with Crippen molar-refractivity contribution < 1.29 is 0 Å². The molecule has 0 atom stereocenters. The van der Waals surface area contributed by atoms with Gasteiger partial charge in [-0.15, -0.1) is 0 Å². The molecule has 0 aliphatic rings. The first-order valence-electron chi connectivity index (χ1n) is 9.84. The SMILES string of the molecule is CCCCCCC=NC=C(C)C.CCCCCCC=NC=C(C)C. The first-order valence-corrected chi connectivity index (χ1v) is 9.84. The van der Waals surface area contributed by atoms with E-state index in [4.69, 9.17) is 0 Å². The summed E-state index contributed by atoms with van der Waals surface area (Å²) in [4.78, 5) is 8.36. The first-order chi connectivity index (χ1) is 11.5. The summed E-state index contributed by atoms with van der Waals surface area (Å²) in [6.07, 6.45) is 20.7. The molecule has 0 unspecified atom stereocenters. The van der Waals surface area contributed by atoms with E-state index in [0.717, 1.165) is 12.8 Å². The van der Waals surface area contributed by atoms with Crippen molar-refractivity contribution in [2.24, 2.45) is 9.98 Å². The summed E-state index contributed by atoms with van der Waals surface area (Å²) in [6.45, 7) is 12.7. The van der Waals surface area contributed by atoms with E-state index in [0.29, 0.717) is 0 Å². The van der Waals surface area contributed by atoms with Crippen molar-refractivity contribution in [1.82, 2.24) is 0 Å². The normalized spacial score (nSPS) is 10.6. The molecule has 0 aliphatic carbocycles. The van der Waals surface area contributed by atoms with Gasteiger partial charge in [0, 0.05) is 24.8 Å². The molecule has 0 saturated heterocycles. The summed E-state index contributed by atoms with van der Waals surface area (Å²) in [6, 6.07) is 0. The molecule has 0 aromatic rings. The second kappa shape index (κ2) is 21.8. The van der Waals surface area contributed by atoms with Crippen molar-refractivity contribution in [3.8, 4) is 0 Å². The molecule has 0 radical (unpaired) electrons. The maximum Gasteiger partial charge on any atom is 0.0250 e. The molecule has 0 saturated carbocycles. The minimum Gasteiger partial charge on any atom is -0.269 e. The fourth-order valence-electron chi connectivity index (χ4n) is 1.88. The lowest BCUT2D eigenvalue weighted by atomic mass is 10.2. The van der Waals surface area contributed by atoms with Gasteiger partial charge in [-0.3, -0.25) is 9.98 Å². The van der Waals surface area contributed by atoms with Crippen LogP contribution in [0.5, 0.6) is 0 Å². The largest absolute Gasteiger partial charge is 0.269 e. The van der Waals surface area contributed by atoms with Crippen molar-refractivity contribution in [3.63, 3.8) is 0 Å². The van der Waals surface area contributed by atoms with Gasteiger partial charge in [0.1, 0.15) is 0 Å². The van der Waals surface area contributed by atoms with Crippen LogP contribution in [0.25, 0.3) is 0 Å². The Bertz CT molecular complexity index is 318. The summed E-state index contributed by atoms with van der Waals surface area (Å²) in [7, 11) is 0. The van der Waals surface area contributed by atoms with Crippen LogP contribution in [0.15, 0.2) is 33.5 Å². The highest BCUT2D eigenvalue weighted by Gasteiger charge is 1.84. The maximum absolute atomic E-state index is 4.18. The molecule has 0 fully saturated rings. The predicted octanol–water partition coefficient (Wildman–Crippen LogP) is 7.90. The van der Waals surface area contributed by atoms with E-state index in [1.54, 1.807) is 0 Å². The fourth-order valence-corrected chi connectivity index (χ4v) is 1.88. The third kappa shape index (κ3) is 28.9. The van der Waals surface area contributed by atoms with Crippen LogP contribution in [0.2, 0.25) is 0 Å². The number of hydrogen-bond donors (Lipinski definition) is 0. The van der Waals surface area contributed by atoms with Crippen LogP contribution in [-0.4, -0.2) is 12.4 Å². The molecule has 140 valence electrons. The van der Waals surface area contributed by atoms with Crippen LogP contribution < -0.4 is 0 Å². The summed E-state index contributed by atoms with van der Waals surface area (Å²) in [5.74, 6) is 0. The molecule has 2 heteroatoms. The lowest BCUT2D eigenvalue weighted by Gasteiger charge is -1.92. The van der Waals surface area contributed by atoms with Gasteiger partial charge in [0.15, 0.2) is 0 Å². The lowest BCUT2D eigenvalue weighted by molar-refractivity contribution is 0.685. The van der Waals surface area contributed by atoms with Gasteiger partial charge in [-0.2, -0.15) is 0 Å². The Morgan fingerprint density at radius 1 is 0.583 bits per heavy atom. The number of aliphatic imine (C=N–C) groups is 2. The molecule has 0 N–H and O–H groups in total. The summed E-state index contributed by atoms with van der Waals surface area (Å²) < 4.78 is 0. The van der Waals surface area contributed by atoms with Crippen LogP contribution in [0.1, 0.15) is 106 Å². The van der Waals surface area contributed by atoms with Crippen molar-refractivity contribution in [2.45, 2.75) is 106 Å². The number of nitrogens with zero attached hydrogens (tertiary/aromatic N) is 2. The molecule has 0 rings (SSSR count). The molecule has 0 aromatic carbocycles. The standard InChI is InChI=1S/2C11H21N/c2*1-4-5-6-7-8-9-12-10-11(2)3/h2*9-10H,4-8H2,1-3H3. The van der Waals surface area contributed by atoms with E-state index in [1.807, 2.05) is 24.8 Å². The highest BCUT2D eigenvalue weighted by Crippen LogP contribution is 2.01. The second-order valence-electron chi connectivity index (χ2n) is 6.77. The summed E-state index contributed by atoms with van der Waals surface area (Å²) >= 11 is 0. The zero-order valence-corrected chi connectivity index (χ0v) is 17.3. The molecule has 0 aromatic heterocycles. The Morgan fingerprint density at radius 2 is 0.958 bits per heavy atom. The molecule has 0 bridgehead atoms. The monoisotopic (exact) mass is 334 g/mol. The van der Waals surface area contributed by atoms with E-state index < -0.39 is 0 Å². The Balaban J connectivity index is 0. The molecule has 0 heterocycles. The minimum absolute atomic E-state index is 1.13. The second-order valence-corrected chi connectivity index (χ2v) is 6.77. The molecule has 0 aliphatic heterocycles. The maximum atomic E-state index is 4.18. The van der Waals surface area contributed by atoms with Crippen LogP contribution in [0.4, 0.5) is 0 Å². The number of unbranched alkanes of at least 4 members (excludes halogenated alkanes) is 8. The van der Waals surface area contributed by atoms with Crippen LogP contribution >= 0.6 is 0 Å². The predicted molar refractivity (Wildman–Crippen MR) is 113 cm³/mol. The minimum atomic E-state index is 1.13. The number of rotatable bonds is 12. The van der Waals surface area contributed by atoms with Gasteiger partial charge in [0.2, 0.25) is 0 Å². The zero-order chi connectivity index (χ0) is 18.5. The fraction of sp³-hybridized carbons (Fsp3) is 0.727. The third-order valence-corrected chi connectivity index (χ3v) is 3.25. The quantitative estimate of drug-likeness (QED) is 0.256. The summed E-state index contributed by atoms with van der Waals surface area (Å²) in [5, 5.41) is 0. The van der Waals surface area contributed by atoms with Gasteiger partial charge in [-0.1, -0.05) is 63.5 Å². The number of hydrogen-bond acceptors (Lipinski definition) is 2. The third-order valence-electron chi connectivity index (χ3n) is 3.25. The van der Waals surface area contributed by atoms with Crippen LogP contribution in [-0.2, 0) is 0 Å². The average Bonchev–Trinajstić information content (AvgIpc) is 2.53. The van der Waals surface area contributed by atoms with Crippen molar-refractivity contribution >= 4 is 12.4 Å². The highest BCUT2D eigenvalue weighted by atomic mass is 14.7. The van der Waals surface area contributed by atoms with Crippen LogP contribution in [0.3, 0.4) is 0 Å². The van der Waals surface area contributed by atoms with Gasteiger partial charge in [-0.25, -0.2) is 0 Å². The number of allylic oxidation sites excluding steroid dienone is 2. The topological polar surface area (TPSA) is 24.7 Å². The lowest BCUT2D eigenvalue weighted by Crippen LogP contribution is -1.77. The first kappa shape index (κ1) is 25.1. The van der Waals surface area contributed by atoms with E-state index in [9.17, 15) is 0 Å². The van der Waals surface area contributed by atoms with Gasteiger partial charge >= 0.3 is 0 Å². The van der Waals surface area contributed by atoms with E-state index in [2.05, 4.69) is 51.5 Å². The Hall–Kier alpha value is -1.18. The average molecular weight is 335 g/mol. The van der Waals surface area contributed by atoms with Gasteiger partial charge in [0.05, 0.1) is 0 Å². The molecule has 0 amide bonds. The molecular weight excluding hydrogens is 292 g/mol.